The lowest BCUT2D eigenvalue weighted by Crippen LogP contribution is -2.03. The highest BCUT2D eigenvalue weighted by Crippen LogP contribution is 2.49. The highest BCUT2D eigenvalue weighted by Gasteiger charge is 2.45. The maximum Gasteiger partial charge on any atom is 0.309 e. The lowest BCUT2D eigenvalue weighted by atomic mass is 10.1. The lowest BCUT2D eigenvalue weighted by Gasteiger charge is -2.02. The van der Waals surface area contributed by atoms with E-state index in [1.54, 1.807) is 0 Å². The molecule has 0 bridgehead atoms. The third-order valence-corrected chi connectivity index (χ3v) is 3.32. The molecule has 3 heteroatoms. The molecule has 0 spiro atoms. The van der Waals surface area contributed by atoms with E-state index < -0.39 is 0 Å². The van der Waals surface area contributed by atoms with Crippen LogP contribution in [0.5, 0.6) is 0 Å². The first-order chi connectivity index (χ1) is 6.74. The van der Waals surface area contributed by atoms with Gasteiger partial charge in [-0.05, 0) is 24.0 Å². The number of ether oxygens (including phenoxy) is 1. The van der Waals surface area contributed by atoms with Crippen LogP contribution in [0.15, 0.2) is 28.7 Å². The molecule has 0 aromatic heterocycles. The van der Waals surface area contributed by atoms with Crippen LogP contribution in [0.3, 0.4) is 0 Å². The Labute approximate surface area is 91.4 Å². The van der Waals surface area contributed by atoms with Gasteiger partial charge in [-0.1, -0.05) is 34.1 Å². The van der Waals surface area contributed by atoms with Crippen LogP contribution in [0.2, 0.25) is 0 Å². The minimum Gasteiger partial charge on any atom is -0.469 e. The zero-order valence-corrected chi connectivity index (χ0v) is 9.45. The molecule has 14 heavy (non-hydrogen) atoms. The number of esters is 1. The Balaban J connectivity index is 2.13. The second-order valence-corrected chi connectivity index (χ2v) is 4.35. The van der Waals surface area contributed by atoms with Gasteiger partial charge < -0.3 is 4.74 Å². The zero-order valence-electron chi connectivity index (χ0n) is 7.87. The molecule has 1 aromatic rings. The standard InChI is InChI=1S/C11H11BrO2/c1-14-11(13)9-6-8(9)7-4-2-3-5-10(7)12/h2-5,8-9H,6H2,1H3/t8-,9+/m0/s1. The van der Waals surface area contributed by atoms with Crippen LogP contribution < -0.4 is 0 Å². The summed E-state index contributed by atoms with van der Waals surface area (Å²) in [5.41, 5.74) is 1.21. The summed E-state index contributed by atoms with van der Waals surface area (Å²) < 4.78 is 5.79. The molecule has 74 valence electrons. The molecule has 2 nitrogen and oxygen atoms in total. The molecule has 1 saturated carbocycles. The molecule has 0 unspecified atom stereocenters. The molecule has 0 radical (unpaired) electrons. The Bertz CT molecular complexity index is 362. The molecule has 1 fully saturated rings. The summed E-state index contributed by atoms with van der Waals surface area (Å²) in [7, 11) is 1.44. The Morgan fingerprint density at radius 1 is 1.50 bits per heavy atom. The summed E-state index contributed by atoms with van der Waals surface area (Å²) in [5.74, 6) is 0.322. The molecule has 2 rings (SSSR count). The van der Waals surface area contributed by atoms with E-state index in [1.807, 2.05) is 18.2 Å². The summed E-state index contributed by atoms with van der Waals surface area (Å²) in [6.07, 6.45) is 0.912. The van der Waals surface area contributed by atoms with E-state index in [9.17, 15) is 4.79 Å². The Morgan fingerprint density at radius 2 is 2.21 bits per heavy atom. The van der Waals surface area contributed by atoms with Crippen LogP contribution in [0, 0.1) is 5.92 Å². The van der Waals surface area contributed by atoms with Crippen LogP contribution in [-0.4, -0.2) is 13.1 Å². The maximum atomic E-state index is 11.2. The van der Waals surface area contributed by atoms with E-state index in [4.69, 9.17) is 4.74 Å². The van der Waals surface area contributed by atoms with Gasteiger partial charge in [-0.25, -0.2) is 0 Å². The fraction of sp³-hybridized carbons (Fsp3) is 0.364. The van der Waals surface area contributed by atoms with Crippen molar-refractivity contribution in [1.29, 1.82) is 0 Å². The quantitative estimate of drug-likeness (QED) is 0.759. The predicted molar refractivity (Wildman–Crippen MR) is 57.0 cm³/mol. The minimum absolute atomic E-state index is 0.0682. The average Bonchev–Trinajstić information content (AvgIpc) is 2.97. The van der Waals surface area contributed by atoms with Crippen molar-refractivity contribution in [1.82, 2.24) is 0 Å². The summed E-state index contributed by atoms with van der Waals surface area (Å²) in [5, 5.41) is 0. The number of hydrogen-bond acceptors (Lipinski definition) is 2. The third-order valence-electron chi connectivity index (χ3n) is 2.60. The van der Waals surface area contributed by atoms with Crippen molar-refractivity contribution in [3.05, 3.63) is 34.3 Å². The van der Waals surface area contributed by atoms with Crippen LogP contribution in [0.25, 0.3) is 0 Å². The largest absolute Gasteiger partial charge is 0.469 e. The number of halogens is 1. The lowest BCUT2D eigenvalue weighted by molar-refractivity contribution is -0.142. The molecule has 0 amide bonds. The van der Waals surface area contributed by atoms with Gasteiger partial charge in [0.05, 0.1) is 13.0 Å². The molecule has 1 aromatic carbocycles. The Kier molecular flexibility index (Phi) is 2.59. The molecule has 0 heterocycles. The van der Waals surface area contributed by atoms with Crippen molar-refractivity contribution in [2.45, 2.75) is 12.3 Å². The number of methoxy groups -OCH3 is 1. The highest BCUT2D eigenvalue weighted by atomic mass is 79.9. The van der Waals surface area contributed by atoms with Gasteiger partial charge >= 0.3 is 5.97 Å². The van der Waals surface area contributed by atoms with E-state index in [0.717, 1.165) is 10.9 Å². The van der Waals surface area contributed by atoms with Crippen molar-refractivity contribution in [2.75, 3.05) is 7.11 Å². The van der Waals surface area contributed by atoms with Gasteiger partial charge in [-0.15, -0.1) is 0 Å². The number of benzene rings is 1. The first kappa shape index (κ1) is 9.71. The van der Waals surface area contributed by atoms with Crippen LogP contribution in [0.1, 0.15) is 17.9 Å². The van der Waals surface area contributed by atoms with Gasteiger partial charge in [-0.2, -0.15) is 0 Å². The monoisotopic (exact) mass is 254 g/mol. The molecule has 0 N–H and O–H groups in total. The number of carbonyl (C=O) groups excluding carboxylic acids is 1. The molecule has 0 aliphatic heterocycles. The normalized spacial score (nSPS) is 24.4. The molecule has 0 saturated heterocycles. The van der Waals surface area contributed by atoms with Gasteiger partial charge in [0.2, 0.25) is 0 Å². The fourth-order valence-corrected chi connectivity index (χ4v) is 2.31. The number of rotatable bonds is 2. The fourth-order valence-electron chi connectivity index (χ4n) is 1.73. The average molecular weight is 255 g/mol. The van der Waals surface area contributed by atoms with Crippen LogP contribution >= 0.6 is 15.9 Å². The molecule has 2 atom stereocenters. The van der Waals surface area contributed by atoms with Crippen molar-refractivity contribution in [3.63, 3.8) is 0 Å². The van der Waals surface area contributed by atoms with Gasteiger partial charge in [-0.3, -0.25) is 4.79 Å². The smallest absolute Gasteiger partial charge is 0.309 e. The predicted octanol–water partition coefficient (Wildman–Crippen LogP) is 2.73. The zero-order chi connectivity index (χ0) is 10.1. The highest BCUT2D eigenvalue weighted by molar-refractivity contribution is 9.10. The molecular formula is C11H11BrO2. The van der Waals surface area contributed by atoms with Gasteiger partial charge in [0.25, 0.3) is 0 Å². The first-order valence-corrected chi connectivity index (χ1v) is 5.35. The van der Waals surface area contributed by atoms with Crippen molar-refractivity contribution >= 4 is 21.9 Å². The Morgan fingerprint density at radius 3 is 2.86 bits per heavy atom. The Hall–Kier alpha value is -0.830. The molecular weight excluding hydrogens is 244 g/mol. The van der Waals surface area contributed by atoms with E-state index in [-0.39, 0.29) is 11.9 Å². The van der Waals surface area contributed by atoms with E-state index in [2.05, 4.69) is 22.0 Å². The van der Waals surface area contributed by atoms with Crippen molar-refractivity contribution < 1.29 is 9.53 Å². The second-order valence-electron chi connectivity index (χ2n) is 3.49. The summed E-state index contributed by atoms with van der Waals surface area (Å²) in [4.78, 5) is 11.2. The van der Waals surface area contributed by atoms with Gasteiger partial charge in [0, 0.05) is 4.47 Å². The molecule has 1 aliphatic rings. The van der Waals surface area contributed by atoms with Crippen molar-refractivity contribution in [2.24, 2.45) is 5.92 Å². The maximum absolute atomic E-state index is 11.2. The van der Waals surface area contributed by atoms with Crippen molar-refractivity contribution in [3.8, 4) is 0 Å². The van der Waals surface area contributed by atoms with Crippen LogP contribution in [-0.2, 0) is 9.53 Å². The topological polar surface area (TPSA) is 26.3 Å². The molecule has 1 aliphatic carbocycles. The number of hydrogen-bond donors (Lipinski definition) is 0. The van der Waals surface area contributed by atoms with E-state index in [0.29, 0.717) is 5.92 Å². The van der Waals surface area contributed by atoms with Gasteiger partial charge in [0.1, 0.15) is 0 Å². The van der Waals surface area contributed by atoms with E-state index >= 15 is 0 Å². The summed E-state index contributed by atoms with van der Waals surface area (Å²) in [6, 6.07) is 8.02. The van der Waals surface area contributed by atoms with Crippen LogP contribution in [0.4, 0.5) is 0 Å². The third kappa shape index (κ3) is 1.69. The van der Waals surface area contributed by atoms with Gasteiger partial charge in [0.15, 0.2) is 0 Å². The minimum atomic E-state index is -0.0919. The summed E-state index contributed by atoms with van der Waals surface area (Å²) in [6.45, 7) is 0. The summed E-state index contributed by atoms with van der Waals surface area (Å²) >= 11 is 3.48. The number of carbonyl (C=O) groups is 1. The van der Waals surface area contributed by atoms with E-state index in [1.165, 1.54) is 12.7 Å². The first-order valence-electron chi connectivity index (χ1n) is 4.56. The second kappa shape index (κ2) is 3.73. The SMILES string of the molecule is COC(=O)[C@@H]1C[C@H]1c1ccccc1Br.